The van der Waals surface area contributed by atoms with Gasteiger partial charge in [0, 0.05) is 55.6 Å². The molecule has 3 aromatic rings. The summed E-state index contributed by atoms with van der Waals surface area (Å²) in [4.78, 5) is 31.9. The van der Waals surface area contributed by atoms with Gasteiger partial charge in [0.15, 0.2) is 0 Å². The molecule has 1 saturated heterocycles. The van der Waals surface area contributed by atoms with Crippen LogP contribution in [0, 0.1) is 0 Å². The zero-order chi connectivity index (χ0) is 20.2. The molecule has 1 aliphatic rings. The minimum Gasteiger partial charge on any atom is -0.450 e. The third-order valence-corrected chi connectivity index (χ3v) is 6.18. The molecule has 0 aliphatic carbocycles. The van der Waals surface area contributed by atoms with E-state index in [9.17, 15) is 9.59 Å². The first-order chi connectivity index (χ1) is 14.2. The fourth-order valence-electron chi connectivity index (χ4n) is 3.92. The van der Waals surface area contributed by atoms with E-state index in [0.29, 0.717) is 39.2 Å². The molecule has 1 aliphatic heterocycles. The largest absolute Gasteiger partial charge is 0.450 e. The van der Waals surface area contributed by atoms with Crippen molar-refractivity contribution in [2.24, 2.45) is 0 Å². The second kappa shape index (κ2) is 8.69. The van der Waals surface area contributed by atoms with Crippen molar-refractivity contribution >= 4 is 34.2 Å². The molecular weight excluding hydrogens is 386 g/mol. The van der Waals surface area contributed by atoms with Gasteiger partial charge in [-0.2, -0.15) is 11.3 Å². The van der Waals surface area contributed by atoms with Crippen LogP contribution in [0.4, 0.5) is 4.79 Å². The highest BCUT2D eigenvalue weighted by molar-refractivity contribution is 7.08. The molecule has 152 valence electrons. The third kappa shape index (κ3) is 4.15. The summed E-state index contributed by atoms with van der Waals surface area (Å²) >= 11 is 1.65. The first-order valence-corrected chi connectivity index (χ1v) is 10.9. The summed E-state index contributed by atoms with van der Waals surface area (Å²) in [6.07, 6.45) is 2.14. The Morgan fingerprint density at radius 1 is 1.14 bits per heavy atom. The van der Waals surface area contributed by atoms with Crippen LogP contribution in [0.1, 0.15) is 30.4 Å². The van der Waals surface area contributed by atoms with Crippen LogP contribution < -0.4 is 0 Å². The summed E-state index contributed by atoms with van der Waals surface area (Å²) in [6.45, 7) is 4.28. The van der Waals surface area contributed by atoms with Gasteiger partial charge in [0.1, 0.15) is 0 Å². The predicted molar refractivity (Wildman–Crippen MR) is 114 cm³/mol. The van der Waals surface area contributed by atoms with Gasteiger partial charge >= 0.3 is 6.09 Å². The van der Waals surface area contributed by atoms with Gasteiger partial charge in [-0.15, -0.1) is 0 Å². The van der Waals surface area contributed by atoms with Crippen LogP contribution in [-0.4, -0.2) is 59.6 Å². The van der Waals surface area contributed by atoms with Crippen molar-refractivity contribution < 1.29 is 14.3 Å². The van der Waals surface area contributed by atoms with Crippen LogP contribution in [0.15, 0.2) is 47.3 Å². The summed E-state index contributed by atoms with van der Waals surface area (Å²) in [5.41, 5.74) is 3.40. The van der Waals surface area contributed by atoms with Crippen molar-refractivity contribution in [2.75, 3.05) is 32.8 Å². The zero-order valence-corrected chi connectivity index (χ0v) is 17.3. The number of aromatic nitrogens is 1. The van der Waals surface area contributed by atoms with Gasteiger partial charge in [-0.25, -0.2) is 4.79 Å². The van der Waals surface area contributed by atoms with Crippen molar-refractivity contribution in [3.05, 3.63) is 58.4 Å². The monoisotopic (exact) mass is 411 g/mol. The number of amides is 2. The number of aromatic amines is 1. The average molecular weight is 412 g/mol. The highest BCUT2D eigenvalue weighted by Gasteiger charge is 2.28. The molecule has 7 heteroatoms. The van der Waals surface area contributed by atoms with E-state index < -0.39 is 0 Å². The predicted octanol–water partition coefficient (Wildman–Crippen LogP) is 4.05. The molecule has 0 saturated carbocycles. The molecule has 3 heterocycles. The number of nitrogens with zero attached hydrogens (tertiary/aromatic N) is 2. The van der Waals surface area contributed by atoms with Crippen molar-refractivity contribution in [3.63, 3.8) is 0 Å². The third-order valence-electron chi connectivity index (χ3n) is 5.48. The molecule has 1 fully saturated rings. The molecule has 29 heavy (non-hydrogen) atoms. The van der Waals surface area contributed by atoms with E-state index in [0.717, 1.165) is 16.5 Å². The van der Waals surface area contributed by atoms with Crippen LogP contribution in [0.5, 0.6) is 0 Å². The molecule has 1 atom stereocenters. The molecule has 2 amide bonds. The average Bonchev–Trinajstić information content (AvgIpc) is 3.42. The van der Waals surface area contributed by atoms with Gasteiger partial charge in [0.05, 0.1) is 6.61 Å². The summed E-state index contributed by atoms with van der Waals surface area (Å²) in [5, 5.41) is 5.33. The molecule has 1 unspecified atom stereocenters. The highest BCUT2D eigenvalue weighted by Crippen LogP contribution is 2.35. The number of para-hydroxylation sites is 1. The molecule has 0 bridgehead atoms. The molecule has 2 aromatic heterocycles. The number of hydrogen-bond donors (Lipinski definition) is 1. The van der Waals surface area contributed by atoms with Gasteiger partial charge in [0.25, 0.3) is 0 Å². The minimum atomic E-state index is -0.297. The standard InChI is InChI=1S/C22H25N3O3S/c1-2-28-22(27)25-10-8-24(9-11-25)21(26)13-18(16-7-12-29-15-16)19-14-23-20-6-4-3-5-17(19)20/h3-7,12,14-15,18,23H,2,8-11,13H2,1H3. The Hall–Kier alpha value is -2.80. The number of fused-ring (bicyclic) bond motifs is 1. The number of carbonyl (C=O) groups excluding carboxylic acids is 2. The van der Waals surface area contributed by atoms with E-state index in [1.165, 1.54) is 5.56 Å². The van der Waals surface area contributed by atoms with Crippen LogP contribution in [0.3, 0.4) is 0 Å². The number of nitrogens with one attached hydrogen (secondary N) is 1. The zero-order valence-electron chi connectivity index (χ0n) is 16.5. The van der Waals surface area contributed by atoms with Crippen LogP contribution in [0.2, 0.25) is 0 Å². The molecule has 1 aromatic carbocycles. The number of benzene rings is 1. The number of hydrogen-bond acceptors (Lipinski definition) is 4. The van der Waals surface area contributed by atoms with E-state index in [1.54, 1.807) is 23.2 Å². The van der Waals surface area contributed by atoms with Gasteiger partial charge < -0.3 is 19.5 Å². The normalized spacial score (nSPS) is 15.5. The van der Waals surface area contributed by atoms with Crippen LogP contribution >= 0.6 is 11.3 Å². The maximum atomic E-state index is 13.1. The van der Waals surface area contributed by atoms with Gasteiger partial charge in [-0.3, -0.25) is 4.79 Å². The maximum absolute atomic E-state index is 13.1. The summed E-state index contributed by atoms with van der Waals surface area (Å²) < 4.78 is 5.06. The quantitative estimate of drug-likeness (QED) is 0.689. The van der Waals surface area contributed by atoms with E-state index in [4.69, 9.17) is 4.74 Å². The molecule has 1 N–H and O–H groups in total. The number of piperazine rings is 1. The van der Waals surface area contributed by atoms with Crippen LogP contribution in [0.25, 0.3) is 10.9 Å². The van der Waals surface area contributed by atoms with E-state index in [1.807, 2.05) is 23.2 Å². The van der Waals surface area contributed by atoms with Crippen molar-refractivity contribution in [3.8, 4) is 0 Å². The molecule has 0 spiro atoms. The first-order valence-electron chi connectivity index (χ1n) is 9.95. The van der Waals surface area contributed by atoms with Gasteiger partial charge in [-0.05, 0) is 40.9 Å². The fourth-order valence-corrected chi connectivity index (χ4v) is 4.63. The number of ether oxygens (including phenoxy) is 1. The van der Waals surface area contributed by atoms with Crippen LogP contribution in [-0.2, 0) is 9.53 Å². The number of carbonyl (C=O) groups is 2. The Labute approximate surface area is 174 Å². The lowest BCUT2D eigenvalue weighted by molar-refractivity contribution is -0.133. The fraction of sp³-hybridized carbons (Fsp3) is 0.364. The lowest BCUT2D eigenvalue weighted by Gasteiger charge is -2.34. The van der Waals surface area contributed by atoms with E-state index in [2.05, 4.69) is 33.9 Å². The van der Waals surface area contributed by atoms with E-state index in [-0.39, 0.29) is 17.9 Å². The SMILES string of the molecule is CCOC(=O)N1CCN(C(=O)CC(c2ccsc2)c2c[nH]c3ccccc23)CC1. The Morgan fingerprint density at radius 3 is 2.62 bits per heavy atom. The number of thiophene rings is 1. The molecule has 4 rings (SSSR count). The Balaban J connectivity index is 1.49. The van der Waals surface area contributed by atoms with E-state index >= 15 is 0 Å². The topological polar surface area (TPSA) is 65.6 Å². The number of rotatable bonds is 5. The van der Waals surface area contributed by atoms with Gasteiger partial charge in [0.2, 0.25) is 5.91 Å². The Morgan fingerprint density at radius 2 is 1.90 bits per heavy atom. The summed E-state index contributed by atoms with van der Waals surface area (Å²) in [5.74, 6) is 0.128. The minimum absolute atomic E-state index is 0.00739. The lowest BCUT2D eigenvalue weighted by atomic mass is 9.89. The molecule has 0 radical (unpaired) electrons. The summed E-state index contributed by atoms with van der Waals surface area (Å²) in [7, 11) is 0. The molecular formula is C22H25N3O3S. The van der Waals surface area contributed by atoms with Gasteiger partial charge in [-0.1, -0.05) is 18.2 Å². The van der Waals surface area contributed by atoms with Crippen molar-refractivity contribution in [1.29, 1.82) is 0 Å². The second-order valence-corrected chi connectivity index (χ2v) is 7.95. The maximum Gasteiger partial charge on any atom is 0.409 e. The van der Waals surface area contributed by atoms with Crippen molar-refractivity contribution in [1.82, 2.24) is 14.8 Å². The second-order valence-electron chi connectivity index (χ2n) is 7.17. The number of H-pyrrole nitrogens is 1. The Bertz CT molecular complexity index is 974. The lowest BCUT2D eigenvalue weighted by Crippen LogP contribution is -2.50. The van der Waals surface area contributed by atoms with Crippen molar-refractivity contribution in [2.45, 2.75) is 19.3 Å². The molecule has 6 nitrogen and oxygen atoms in total. The summed E-state index contributed by atoms with van der Waals surface area (Å²) in [6, 6.07) is 10.3. The highest BCUT2D eigenvalue weighted by atomic mass is 32.1. The smallest absolute Gasteiger partial charge is 0.409 e. The first kappa shape index (κ1) is 19.5. The Kier molecular flexibility index (Phi) is 5.85.